The highest BCUT2D eigenvalue weighted by Crippen LogP contribution is 2.21. The van der Waals surface area contributed by atoms with Crippen LogP contribution in [0.1, 0.15) is 24.8 Å². The Hall–Kier alpha value is -2.56. The first-order chi connectivity index (χ1) is 12.7. The quantitative estimate of drug-likeness (QED) is 0.764. The Kier molecular flexibility index (Phi) is 6.47. The van der Waals surface area contributed by atoms with Gasteiger partial charge >= 0.3 is 0 Å². The van der Waals surface area contributed by atoms with Gasteiger partial charge in [-0.3, -0.25) is 9.78 Å². The number of amides is 1. The molecule has 2 aromatic rings. The minimum absolute atomic E-state index is 0.0676. The number of benzene rings is 1. The maximum Gasteiger partial charge on any atom is 0.260 e. The Morgan fingerprint density at radius 1 is 1.12 bits per heavy atom. The summed E-state index contributed by atoms with van der Waals surface area (Å²) < 4.78 is 11.4. The standard InChI is InChI=1S/C21H26N2O3/c1-17-3-2-4-20(15-17)26-16-21(24)23-12-7-18(8-13-23)9-14-25-19-5-10-22-11-6-19/h2-6,10-11,15,18H,7-9,12-14,16H2,1H3. The molecule has 1 amide bonds. The second-order valence-corrected chi connectivity index (χ2v) is 6.75. The fourth-order valence-corrected chi connectivity index (χ4v) is 3.19. The topological polar surface area (TPSA) is 51.7 Å². The number of likely N-dealkylation sites (tertiary alicyclic amines) is 1. The van der Waals surface area contributed by atoms with E-state index in [0.717, 1.165) is 49.4 Å². The Balaban J connectivity index is 1.34. The van der Waals surface area contributed by atoms with E-state index in [1.54, 1.807) is 12.4 Å². The van der Waals surface area contributed by atoms with E-state index < -0.39 is 0 Å². The van der Waals surface area contributed by atoms with Crippen LogP contribution in [0.4, 0.5) is 0 Å². The summed E-state index contributed by atoms with van der Waals surface area (Å²) in [4.78, 5) is 18.2. The zero-order valence-corrected chi connectivity index (χ0v) is 15.3. The van der Waals surface area contributed by atoms with Gasteiger partial charge in [0.05, 0.1) is 6.61 Å². The molecule has 0 saturated carbocycles. The van der Waals surface area contributed by atoms with Crippen LogP contribution in [0, 0.1) is 12.8 Å². The summed E-state index contributed by atoms with van der Waals surface area (Å²) in [5.74, 6) is 2.29. The minimum atomic E-state index is 0.0676. The molecule has 5 nitrogen and oxygen atoms in total. The molecule has 3 rings (SSSR count). The van der Waals surface area contributed by atoms with Crippen molar-refractivity contribution in [2.45, 2.75) is 26.2 Å². The molecule has 5 heteroatoms. The molecule has 26 heavy (non-hydrogen) atoms. The van der Waals surface area contributed by atoms with Gasteiger partial charge in [0.2, 0.25) is 0 Å². The van der Waals surface area contributed by atoms with Gasteiger partial charge in [0.25, 0.3) is 5.91 Å². The lowest BCUT2D eigenvalue weighted by molar-refractivity contribution is -0.134. The Labute approximate surface area is 155 Å². The number of aromatic nitrogens is 1. The van der Waals surface area contributed by atoms with Crippen molar-refractivity contribution in [1.82, 2.24) is 9.88 Å². The van der Waals surface area contributed by atoms with Crippen molar-refractivity contribution in [3.8, 4) is 11.5 Å². The molecule has 2 heterocycles. The number of ether oxygens (including phenoxy) is 2. The third-order valence-electron chi connectivity index (χ3n) is 4.76. The molecule has 1 fully saturated rings. The number of nitrogens with zero attached hydrogens (tertiary/aromatic N) is 2. The molecule has 1 aromatic heterocycles. The summed E-state index contributed by atoms with van der Waals surface area (Å²) in [6.07, 6.45) is 6.53. The minimum Gasteiger partial charge on any atom is -0.493 e. The number of carbonyl (C=O) groups excluding carboxylic acids is 1. The van der Waals surface area contributed by atoms with Crippen molar-refractivity contribution in [1.29, 1.82) is 0 Å². The Morgan fingerprint density at radius 2 is 1.88 bits per heavy atom. The fraction of sp³-hybridized carbons (Fsp3) is 0.429. The summed E-state index contributed by atoms with van der Waals surface area (Å²) in [6, 6.07) is 11.5. The fourth-order valence-electron chi connectivity index (χ4n) is 3.19. The molecule has 0 N–H and O–H groups in total. The van der Waals surface area contributed by atoms with E-state index in [4.69, 9.17) is 9.47 Å². The van der Waals surface area contributed by atoms with E-state index in [-0.39, 0.29) is 12.5 Å². The zero-order chi connectivity index (χ0) is 18.2. The SMILES string of the molecule is Cc1cccc(OCC(=O)N2CCC(CCOc3ccncc3)CC2)c1. The highest BCUT2D eigenvalue weighted by Gasteiger charge is 2.23. The maximum absolute atomic E-state index is 12.3. The third kappa shape index (κ3) is 5.48. The number of piperidine rings is 1. The Bertz CT molecular complexity index is 697. The number of aryl methyl sites for hydroxylation is 1. The van der Waals surface area contributed by atoms with Crippen molar-refractivity contribution < 1.29 is 14.3 Å². The normalized spacial score (nSPS) is 14.9. The van der Waals surface area contributed by atoms with Gasteiger partial charge < -0.3 is 14.4 Å². The van der Waals surface area contributed by atoms with E-state index in [1.165, 1.54) is 0 Å². The molecular formula is C21H26N2O3. The van der Waals surface area contributed by atoms with Gasteiger partial charge in [0.1, 0.15) is 11.5 Å². The van der Waals surface area contributed by atoms with Gasteiger partial charge in [-0.15, -0.1) is 0 Å². The van der Waals surface area contributed by atoms with E-state index in [0.29, 0.717) is 12.5 Å². The van der Waals surface area contributed by atoms with E-state index in [2.05, 4.69) is 4.98 Å². The van der Waals surface area contributed by atoms with Gasteiger partial charge in [0, 0.05) is 25.5 Å². The van der Waals surface area contributed by atoms with E-state index in [1.807, 2.05) is 48.2 Å². The van der Waals surface area contributed by atoms with Crippen LogP contribution < -0.4 is 9.47 Å². The number of carbonyl (C=O) groups is 1. The van der Waals surface area contributed by atoms with Gasteiger partial charge in [-0.2, -0.15) is 0 Å². The lowest BCUT2D eigenvalue weighted by Gasteiger charge is -2.32. The van der Waals surface area contributed by atoms with Crippen molar-refractivity contribution in [2.75, 3.05) is 26.3 Å². The summed E-state index contributed by atoms with van der Waals surface area (Å²) in [6.45, 7) is 4.43. The molecule has 0 radical (unpaired) electrons. The molecule has 1 aliphatic heterocycles. The molecule has 0 unspecified atom stereocenters. The van der Waals surface area contributed by atoms with Crippen LogP contribution in [0.5, 0.6) is 11.5 Å². The lowest BCUT2D eigenvalue weighted by atomic mass is 9.94. The van der Waals surface area contributed by atoms with Gasteiger partial charge in [-0.25, -0.2) is 0 Å². The molecule has 0 bridgehead atoms. The first kappa shape index (κ1) is 18.2. The van der Waals surface area contributed by atoms with Crippen LogP contribution >= 0.6 is 0 Å². The number of pyridine rings is 1. The van der Waals surface area contributed by atoms with Crippen molar-refractivity contribution in [3.63, 3.8) is 0 Å². The van der Waals surface area contributed by atoms with Crippen molar-refractivity contribution in [3.05, 3.63) is 54.4 Å². The average molecular weight is 354 g/mol. The van der Waals surface area contributed by atoms with Crippen molar-refractivity contribution in [2.24, 2.45) is 5.92 Å². The van der Waals surface area contributed by atoms with E-state index in [9.17, 15) is 4.79 Å². The molecule has 1 aliphatic rings. The molecular weight excluding hydrogens is 328 g/mol. The molecule has 1 aromatic carbocycles. The van der Waals surface area contributed by atoms with Crippen LogP contribution in [0.2, 0.25) is 0 Å². The monoisotopic (exact) mass is 354 g/mol. The lowest BCUT2D eigenvalue weighted by Crippen LogP contribution is -2.41. The molecule has 1 saturated heterocycles. The van der Waals surface area contributed by atoms with Gasteiger partial charge in [0.15, 0.2) is 6.61 Å². The van der Waals surface area contributed by atoms with Gasteiger partial charge in [-0.1, -0.05) is 12.1 Å². The highest BCUT2D eigenvalue weighted by atomic mass is 16.5. The third-order valence-corrected chi connectivity index (χ3v) is 4.76. The first-order valence-corrected chi connectivity index (χ1v) is 9.21. The predicted molar refractivity (Wildman–Crippen MR) is 100 cm³/mol. The smallest absolute Gasteiger partial charge is 0.260 e. The summed E-state index contributed by atoms with van der Waals surface area (Å²) >= 11 is 0. The second-order valence-electron chi connectivity index (χ2n) is 6.75. The molecule has 0 aliphatic carbocycles. The van der Waals surface area contributed by atoms with Crippen LogP contribution in [0.25, 0.3) is 0 Å². The number of hydrogen-bond acceptors (Lipinski definition) is 4. The number of hydrogen-bond donors (Lipinski definition) is 0. The first-order valence-electron chi connectivity index (χ1n) is 9.21. The average Bonchev–Trinajstić information content (AvgIpc) is 2.68. The summed E-state index contributed by atoms with van der Waals surface area (Å²) in [7, 11) is 0. The highest BCUT2D eigenvalue weighted by molar-refractivity contribution is 5.77. The van der Waals surface area contributed by atoms with Crippen LogP contribution in [-0.2, 0) is 4.79 Å². The maximum atomic E-state index is 12.3. The second kappa shape index (κ2) is 9.22. The molecule has 138 valence electrons. The number of rotatable bonds is 7. The molecule has 0 atom stereocenters. The van der Waals surface area contributed by atoms with Crippen LogP contribution in [0.15, 0.2) is 48.8 Å². The van der Waals surface area contributed by atoms with Gasteiger partial charge in [-0.05, 0) is 61.9 Å². The Morgan fingerprint density at radius 3 is 2.62 bits per heavy atom. The van der Waals surface area contributed by atoms with E-state index >= 15 is 0 Å². The summed E-state index contributed by atoms with van der Waals surface area (Å²) in [5.41, 5.74) is 1.13. The van der Waals surface area contributed by atoms with Crippen molar-refractivity contribution >= 4 is 5.91 Å². The van der Waals surface area contributed by atoms with Crippen LogP contribution in [0.3, 0.4) is 0 Å². The predicted octanol–water partition coefficient (Wildman–Crippen LogP) is 3.48. The zero-order valence-electron chi connectivity index (χ0n) is 15.3. The van der Waals surface area contributed by atoms with Crippen LogP contribution in [-0.4, -0.2) is 42.1 Å². The summed E-state index contributed by atoms with van der Waals surface area (Å²) in [5, 5.41) is 0. The largest absolute Gasteiger partial charge is 0.493 e. The molecule has 0 spiro atoms.